The number of nitrogens with zero attached hydrogens (tertiary/aromatic N) is 5. The van der Waals surface area contributed by atoms with E-state index in [4.69, 9.17) is 0 Å². The zero-order valence-corrected chi connectivity index (χ0v) is 18.3. The number of hydrogen-bond donors (Lipinski definition) is 2. The third-order valence-corrected chi connectivity index (χ3v) is 4.68. The van der Waals surface area contributed by atoms with Crippen molar-refractivity contribution in [3.63, 3.8) is 0 Å². The third-order valence-electron chi connectivity index (χ3n) is 4.68. The molecule has 2 aromatic heterocycles. The second kappa shape index (κ2) is 10.7. The summed E-state index contributed by atoms with van der Waals surface area (Å²) in [6.45, 7) is 1.09. The van der Waals surface area contributed by atoms with Gasteiger partial charge in [-0.1, -0.05) is 12.1 Å². The van der Waals surface area contributed by atoms with Crippen LogP contribution in [-0.2, 0) is 17.9 Å². The summed E-state index contributed by atoms with van der Waals surface area (Å²) in [6.07, 6.45) is 4.11. The Morgan fingerprint density at radius 1 is 1.27 bits per heavy atom. The quantitative estimate of drug-likeness (QED) is 0.474. The molecule has 3 aromatic rings. The summed E-state index contributed by atoms with van der Waals surface area (Å²) in [5.41, 5.74) is 1.11. The van der Waals surface area contributed by atoms with Gasteiger partial charge in [0.05, 0.1) is 18.1 Å². The van der Waals surface area contributed by atoms with Gasteiger partial charge in [0.15, 0.2) is 11.6 Å². The van der Waals surface area contributed by atoms with Gasteiger partial charge in [-0.25, -0.2) is 9.37 Å². The van der Waals surface area contributed by atoms with E-state index < -0.39 is 12.4 Å². The molecule has 176 valence electrons. The summed E-state index contributed by atoms with van der Waals surface area (Å²) in [5.74, 6) is -0.733. The second-order valence-electron chi connectivity index (χ2n) is 7.42. The van der Waals surface area contributed by atoms with E-state index in [0.717, 1.165) is 6.20 Å². The summed E-state index contributed by atoms with van der Waals surface area (Å²) in [6, 6.07) is 6.12. The van der Waals surface area contributed by atoms with Crippen molar-refractivity contribution in [2.75, 3.05) is 17.7 Å². The Morgan fingerprint density at radius 2 is 2.06 bits per heavy atom. The van der Waals surface area contributed by atoms with Crippen molar-refractivity contribution in [2.45, 2.75) is 39.6 Å². The molecule has 3 rings (SSSR count). The molecule has 0 aliphatic carbocycles. The van der Waals surface area contributed by atoms with Crippen molar-refractivity contribution in [2.24, 2.45) is 0 Å². The summed E-state index contributed by atoms with van der Waals surface area (Å²) in [4.78, 5) is 21.8. The van der Waals surface area contributed by atoms with Crippen LogP contribution in [0.4, 0.5) is 30.6 Å². The second-order valence-corrected chi connectivity index (χ2v) is 7.42. The molecule has 0 aliphatic rings. The van der Waals surface area contributed by atoms with Crippen molar-refractivity contribution in [3.8, 4) is 5.75 Å². The number of amides is 1. The largest absolute Gasteiger partial charge is 0.435 e. The fraction of sp³-hybridized carbons (Fsp3) is 0.333. The van der Waals surface area contributed by atoms with Gasteiger partial charge < -0.3 is 20.3 Å². The number of likely N-dealkylation sites (N-methyl/N-ethyl adjacent to an activating group) is 1. The molecular weight excluding hydrogens is 439 g/mol. The first kappa shape index (κ1) is 23.8. The molecule has 0 bridgehead atoms. The molecular formula is C21H24F3N7O2. The smallest absolute Gasteiger partial charge is 0.387 e. The Kier molecular flexibility index (Phi) is 7.70. The minimum absolute atomic E-state index is 0.00453. The molecule has 1 amide bonds. The molecule has 1 aromatic carbocycles. The number of alkyl halides is 2. The lowest BCUT2D eigenvalue weighted by Gasteiger charge is -2.21. The summed E-state index contributed by atoms with van der Waals surface area (Å²) < 4.78 is 44.7. The highest BCUT2D eigenvalue weighted by atomic mass is 19.3. The van der Waals surface area contributed by atoms with Gasteiger partial charge in [0.1, 0.15) is 12.3 Å². The van der Waals surface area contributed by atoms with Crippen LogP contribution in [0.25, 0.3) is 0 Å². The molecule has 9 nitrogen and oxygen atoms in total. The van der Waals surface area contributed by atoms with Crippen LogP contribution < -0.4 is 15.4 Å². The lowest BCUT2D eigenvalue weighted by Crippen LogP contribution is -2.35. The molecule has 33 heavy (non-hydrogen) atoms. The molecule has 0 radical (unpaired) electrons. The zero-order chi connectivity index (χ0) is 24.0. The molecule has 0 aliphatic heterocycles. The lowest BCUT2D eigenvalue weighted by molar-refractivity contribution is -0.132. The first-order chi connectivity index (χ1) is 15.7. The number of ether oxygens (including phenoxy) is 1. The van der Waals surface area contributed by atoms with Gasteiger partial charge >= 0.3 is 6.61 Å². The maximum Gasteiger partial charge on any atom is 0.387 e. The predicted octanol–water partition coefficient (Wildman–Crippen LogP) is 3.64. The first-order valence-corrected chi connectivity index (χ1v) is 10.1. The number of aromatic nitrogens is 4. The highest BCUT2D eigenvalue weighted by Gasteiger charge is 2.14. The highest BCUT2D eigenvalue weighted by molar-refractivity contribution is 5.76. The van der Waals surface area contributed by atoms with Crippen LogP contribution in [0.1, 0.15) is 19.4 Å². The number of carbonyl (C=O) groups is 1. The van der Waals surface area contributed by atoms with Crippen molar-refractivity contribution < 1.29 is 22.7 Å². The van der Waals surface area contributed by atoms with Gasteiger partial charge in [0.25, 0.3) is 0 Å². The van der Waals surface area contributed by atoms with Gasteiger partial charge in [-0.05, 0) is 31.5 Å². The minimum Gasteiger partial charge on any atom is -0.435 e. The Balaban J connectivity index is 1.63. The van der Waals surface area contributed by atoms with E-state index in [1.54, 1.807) is 30.3 Å². The fourth-order valence-electron chi connectivity index (χ4n) is 2.75. The normalized spacial score (nSPS) is 11.0. The SMILES string of the molecule is CC(C)N(C)C(=O)Cn1cc(Nc2ncc(F)c(NCc3cccc(OC(F)F)c3)n2)cn1. The van der Waals surface area contributed by atoms with E-state index >= 15 is 0 Å². The number of hydrogen-bond acceptors (Lipinski definition) is 7. The maximum absolute atomic E-state index is 14.2. The van der Waals surface area contributed by atoms with Crippen LogP contribution in [0.5, 0.6) is 5.75 Å². The topological polar surface area (TPSA) is 97.2 Å². The Morgan fingerprint density at radius 3 is 2.79 bits per heavy atom. The van der Waals surface area contributed by atoms with Crippen molar-refractivity contribution in [1.29, 1.82) is 0 Å². The van der Waals surface area contributed by atoms with E-state index in [9.17, 15) is 18.0 Å². The molecule has 0 fully saturated rings. The fourth-order valence-corrected chi connectivity index (χ4v) is 2.75. The number of halogens is 3. The molecule has 2 heterocycles. The van der Waals surface area contributed by atoms with Gasteiger partial charge in [0, 0.05) is 25.8 Å². The standard InChI is InChI=1S/C21H24F3N7O2/c1-13(2)30(3)18(32)12-31-11-15(9-27-31)28-21-26-10-17(22)19(29-21)25-8-14-5-4-6-16(7-14)33-20(23)24/h4-7,9-11,13,20H,8,12H2,1-3H3,(H2,25,26,28,29). The minimum atomic E-state index is -2.93. The summed E-state index contributed by atoms with van der Waals surface area (Å²) in [7, 11) is 1.72. The van der Waals surface area contributed by atoms with E-state index in [-0.39, 0.29) is 42.6 Å². The van der Waals surface area contributed by atoms with Crippen LogP contribution in [0, 0.1) is 5.82 Å². The van der Waals surface area contributed by atoms with Crippen LogP contribution in [-0.4, -0.2) is 50.3 Å². The molecule has 0 unspecified atom stereocenters. The number of anilines is 3. The van der Waals surface area contributed by atoms with Gasteiger partial charge in [-0.2, -0.15) is 18.9 Å². The van der Waals surface area contributed by atoms with Gasteiger partial charge in [-0.3, -0.25) is 9.48 Å². The number of benzene rings is 1. The van der Waals surface area contributed by atoms with E-state index in [0.29, 0.717) is 11.3 Å². The molecule has 12 heteroatoms. The highest BCUT2D eigenvalue weighted by Crippen LogP contribution is 2.19. The monoisotopic (exact) mass is 463 g/mol. The average molecular weight is 463 g/mol. The van der Waals surface area contributed by atoms with Crippen molar-refractivity contribution in [3.05, 3.63) is 54.2 Å². The van der Waals surface area contributed by atoms with Gasteiger partial charge in [-0.15, -0.1) is 0 Å². The molecule has 2 N–H and O–H groups in total. The third kappa shape index (κ3) is 6.82. The molecule has 0 spiro atoms. The van der Waals surface area contributed by atoms with Crippen LogP contribution >= 0.6 is 0 Å². The van der Waals surface area contributed by atoms with Crippen LogP contribution in [0.2, 0.25) is 0 Å². The predicted molar refractivity (Wildman–Crippen MR) is 116 cm³/mol. The molecule has 0 atom stereocenters. The first-order valence-electron chi connectivity index (χ1n) is 10.1. The Hall–Kier alpha value is -3.83. The number of carbonyl (C=O) groups excluding carboxylic acids is 1. The summed E-state index contributed by atoms with van der Waals surface area (Å²) in [5, 5.41) is 9.85. The van der Waals surface area contributed by atoms with Crippen LogP contribution in [0.3, 0.4) is 0 Å². The van der Waals surface area contributed by atoms with Crippen molar-refractivity contribution >= 4 is 23.4 Å². The van der Waals surface area contributed by atoms with Crippen molar-refractivity contribution in [1.82, 2.24) is 24.6 Å². The van der Waals surface area contributed by atoms with E-state index in [1.807, 2.05) is 13.8 Å². The van der Waals surface area contributed by atoms with E-state index in [1.165, 1.54) is 23.0 Å². The number of nitrogens with one attached hydrogen (secondary N) is 2. The number of rotatable bonds is 10. The lowest BCUT2D eigenvalue weighted by atomic mass is 10.2. The maximum atomic E-state index is 14.2. The van der Waals surface area contributed by atoms with Crippen LogP contribution in [0.15, 0.2) is 42.9 Å². The molecule has 0 saturated carbocycles. The Bertz CT molecular complexity index is 1090. The molecule has 0 saturated heterocycles. The summed E-state index contributed by atoms with van der Waals surface area (Å²) >= 11 is 0. The van der Waals surface area contributed by atoms with Gasteiger partial charge in [0.2, 0.25) is 11.9 Å². The average Bonchev–Trinajstić information content (AvgIpc) is 3.19. The van der Waals surface area contributed by atoms with E-state index in [2.05, 4.69) is 30.4 Å². The Labute approximate surface area is 188 Å². The zero-order valence-electron chi connectivity index (χ0n) is 18.3.